The third-order valence-corrected chi connectivity index (χ3v) is 2.22. The monoisotopic (exact) mass is 228 g/mol. The Morgan fingerprint density at radius 3 is 2.88 bits per heavy atom. The lowest BCUT2D eigenvalue weighted by molar-refractivity contribution is 0.630. The largest absolute Gasteiger partial charge is 0.335 e. The maximum Gasteiger partial charge on any atom is 0.171 e. The Kier molecular flexibility index (Phi) is 2.97. The van der Waals surface area contributed by atoms with Crippen LogP contribution in [-0.2, 0) is 0 Å². The molecule has 84 valence electrons. The average molecular weight is 228 g/mol. The number of nitriles is 1. The van der Waals surface area contributed by atoms with Crippen molar-refractivity contribution >= 4 is 11.5 Å². The molecule has 0 atom stereocenters. The topological polar surface area (TPSA) is 61.6 Å². The number of hydrogen-bond acceptors (Lipinski definition) is 4. The molecular weight excluding hydrogens is 219 g/mol. The van der Waals surface area contributed by atoms with Crippen molar-refractivity contribution in [1.82, 2.24) is 10.2 Å². The highest BCUT2D eigenvalue weighted by Gasteiger charge is 2.07. The molecule has 0 bridgehead atoms. The number of nitrogens with zero attached hydrogens (tertiary/aromatic N) is 3. The lowest BCUT2D eigenvalue weighted by Crippen LogP contribution is -2.00. The molecule has 2 rings (SSSR count). The second-order valence-corrected chi connectivity index (χ2v) is 3.51. The summed E-state index contributed by atoms with van der Waals surface area (Å²) in [6, 6.07) is 8.25. The van der Waals surface area contributed by atoms with E-state index in [2.05, 4.69) is 15.5 Å². The number of aryl methyl sites for hydroxylation is 1. The van der Waals surface area contributed by atoms with E-state index in [-0.39, 0.29) is 17.3 Å². The summed E-state index contributed by atoms with van der Waals surface area (Å²) in [4.78, 5) is 0. The number of halogens is 1. The van der Waals surface area contributed by atoms with Gasteiger partial charge in [-0.1, -0.05) is 6.07 Å². The van der Waals surface area contributed by atoms with Crippen molar-refractivity contribution in [2.75, 3.05) is 5.32 Å². The summed E-state index contributed by atoms with van der Waals surface area (Å²) >= 11 is 0. The smallest absolute Gasteiger partial charge is 0.171 e. The first-order valence-corrected chi connectivity index (χ1v) is 4.95. The van der Waals surface area contributed by atoms with E-state index in [0.29, 0.717) is 5.56 Å². The zero-order chi connectivity index (χ0) is 12.3. The molecule has 1 aromatic carbocycles. The van der Waals surface area contributed by atoms with Gasteiger partial charge in [0.25, 0.3) is 0 Å². The molecule has 0 aliphatic heterocycles. The molecule has 0 saturated carbocycles. The molecule has 1 N–H and O–H groups in total. The maximum absolute atomic E-state index is 13.6. The molecule has 2 aromatic rings. The highest BCUT2D eigenvalue weighted by molar-refractivity contribution is 5.62. The fourth-order valence-corrected chi connectivity index (χ4v) is 1.36. The highest BCUT2D eigenvalue weighted by Crippen LogP contribution is 2.20. The van der Waals surface area contributed by atoms with Crippen LogP contribution in [0.4, 0.5) is 15.9 Å². The molecule has 4 nitrogen and oxygen atoms in total. The normalized spacial score (nSPS) is 9.71. The van der Waals surface area contributed by atoms with Crippen molar-refractivity contribution in [2.24, 2.45) is 0 Å². The lowest BCUT2D eigenvalue weighted by Gasteiger charge is -2.07. The molecule has 1 heterocycles. The molecule has 0 aliphatic rings. The van der Waals surface area contributed by atoms with Crippen molar-refractivity contribution in [3.8, 4) is 6.07 Å². The fourth-order valence-electron chi connectivity index (χ4n) is 1.36. The first kappa shape index (κ1) is 11.0. The Labute approximate surface area is 97.7 Å². The van der Waals surface area contributed by atoms with Crippen molar-refractivity contribution in [3.05, 3.63) is 47.4 Å². The van der Waals surface area contributed by atoms with E-state index in [0.717, 1.165) is 5.56 Å². The molecule has 0 fully saturated rings. The number of benzene rings is 1. The quantitative estimate of drug-likeness (QED) is 0.857. The van der Waals surface area contributed by atoms with Crippen LogP contribution in [0, 0.1) is 24.1 Å². The summed E-state index contributed by atoms with van der Waals surface area (Å²) in [7, 11) is 0. The standard InChI is InChI=1S/C12H9FN4/c1-8-2-3-11(10(13)6-8)16-12-9(7-14)4-5-15-17-12/h2-6H,1H3,(H,16,17). The minimum Gasteiger partial charge on any atom is -0.335 e. The van der Waals surface area contributed by atoms with E-state index in [1.165, 1.54) is 18.3 Å². The Morgan fingerprint density at radius 1 is 1.35 bits per heavy atom. The van der Waals surface area contributed by atoms with Gasteiger partial charge in [0.15, 0.2) is 5.82 Å². The first-order valence-electron chi connectivity index (χ1n) is 4.95. The Bertz CT molecular complexity index is 589. The lowest BCUT2D eigenvalue weighted by atomic mass is 10.2. The van der Waals surface area contributed by atoms with Gasteiger partial charge in [-0.05, 0) is 30.7 Å². The maximum atomic E-state index is 13.6. The van der Waals surface area contributed by atoms with Crippen molar-refractivity contribution < 1.29 is 4.39 Å². The predicted molar refractivity (Wildman–Crippen MR) is 61.2 cm³/mol. The van der Waals surface area contributed by atoms with Gasteiger partial charge >= 0.3 is 0 Å². The minimum atomic E-state index is -0.389. The third-order valence-electron chi connectivity index (χ3n) is 2.22. The second kappa shape index (κ2) is 4.58. The SMILES string of the molecule is Cc1ccc(Nc2nnccc2C#N)c(F)c1. The predicted octanol–water partition coefficient (Wildman–Crippen LogP) is 2.54. The summed E-state index contributed by atoms with van der Waals surface area (Å²) in [5.74, 6) is -0.141. The summed E-state index contributed by atoms with van der Waals surface area (Å²) in [5, 5.41) is 19.0. The molecule has 0 radical (unpaired) electrons. The molecule has 0 spiro atoms. The summed E-state index contributed by atoms with van der Waals surface area (Å²) in [6.07, 6.45) is 1.41. The van der Waals surface area contributed by atoms with Crippen molar-refractivity contribution in [1.29, 1.82) is 5.26 Å². The number of rotatable bonds is 2. The number of hydrogen-bond donors (Lipinski definition) is 1. The molecule has 17 heavy (non-hydrogen) atoms. The van der Waals surface area contributed by atoms with Gasteiger partial charge < -0.3 is 5.32 Å². The van der Waals surface area contributed by atoms with Crippen molar-refractivity contribution in [2.45, 2.75) is 6.92 Å². The van der Waals surface area contributed by atoms with E-state index < -0.39 is 0 Å². The van der Waals surface area contributed by atoms with Crippen LogP contribution in [0.25, 0.3) is 0 Å². The van der Waals surface area contributed by atoms with Crippen LogP contribution < -0.4 is 5.32 Å². The Hall–Kier alpha value is -2.48. The van der Waals surface area contributed by atoms with E-state index >= 15 is 0 Å². The van der Waals surface area contributed by atoms with Gasteiger partial charge in [-0.2, -0.15) is 10.4 Å². The van der Waals surface area contributed by atoms with Gasteiger partial charge in [-0.3, -0.25) is 0 Å². The molecule has 0 saturated heterocycles. The van der Waals surface area contributed by atoms with E-state index in [1.807, 2.05) is 6.07 Å². The highest BCUT2D eigenvalue weighted by atomic mass is 19.1. The number of aromatic nitrogens is 2. The number of anilines is 2. The number of nitrogens with one attached hydrogen (secondary N) is 1. The van der Waals surface area contributed by atoms with Crippen LogP contribution in [0.1, 0.15) is 11.1 Å². The molecule has 0 amide bonds. The Balaban J connectivity index is 2.35. The molecule has 0 unspecified atom stereocenters. The van der Waals surface area contributed by atoms with Crippen molar-refractivity contribution in [3.63, 3.8) is 0 Å². The van der Waals surface area contributed by atoms with Crippen LogP contribution >= 0.6 is 0 Å². The summed E-state index contributed by atoms with van der Waals surface area (Å²) in [6.45, 7) is 1.80. The third kappa shape index (κ3) is 2.37. The fraction of sp³-hybridized carbons (Fsp3) is 0.0833. The zero-order valence-corrected chi connectivity index (χ0v) is 9.11. The van der Waals surface area contributed by atoms with Gasteiger partial charge in [0.1, 0.15) is 11.9 Å². The zero-order valence-electron chi connectivity index (χ0n) is 9.11. The minimum absolute atomic E-state index is 0.248. The summed E-state index contributed by atoms with van der Waals surface area (Å²) < 4.78 is 13.6. The average Bonchev–Trinajstić information content (AvgIpc) is 2.33. The molecular formula is C12H9FN4. The van der Waals surface area contributed by atoms with Crippen LogP contribution in [0.15, 0.2) is 30.5 Å². The summed E-state index contributed by atoms with van der Waals surface area (Å²) in [5.41, 5.74) is 1.42. The Morgan fingerprint density at radius 2 is 2.18 bits per heavy atom. The molecule has 1 aromatic heterocycles. The van der Waals surface area contributed by atoms with Gasteiger partial charge in [-0.15, -0.1) is 5.10 Å². The van der Waals surface area contributed by atoms with E-state index in [9.17, 15) is 4.39 Å². The van der Waals surface area contributed by atoms with E-state index in [1.54, 1.807) is 19.1 Å². The van der Waals surface area contributed by atoms with Crippen LogP contribution in [0.5, 0.6) is 0 Å². The molecule has 5 heteroatoms. The van der Waals surface area contributed by atoms with Gasteiger partial charge in [0, 0.05) is 0 Å². The second-order valence-electron chi connectivity index (χ2n) is 3.51. The van der Waals surface area contributed by atoms with Crippen LogP contribution in [0.2, 0.25) is 0 Å². The van der Waals surface area contributed by atoms with Crippen LogP contribution in [-0.4, -0.2) is 10.2 Å². The van der Waals surface area contributed by atoms with Gasteiger partial charge in [0.2, 0.25) is 0 Å². The first-order chi connectivity index (χ1) is 8.20. The molecule has 0 aliphatic carbocycles. The van der Waals surface area contributed by atoms with E-state index in [4.69, 9.17) is 5.26 Å². The van der Waals surface area contributed by atoms with Gasteiger partial charge in [-0.25, -0.2) is 4.39 Å². The van der Waals surface area contributed by atoms with Crippen LogP contribution in [0.3, 0.4) is 0 Å². The van der Waals surface area contributed by atoms with Gasteiger partial charge in [0.05, 0.1) is 17.4 Å².